The molecule has 0 fully saturated rings. The highest BCUT2D eigenvalue weighted by Crippen LogP contribution is 2.37. The van der Waals surface area contributed by atoms with Gasteiger partial charge < -0.3 is 19.3 Å². The van der Waals surface area contributed by atoms with E-state index >= 15 is 0 Å². The van der Waals surface area contributed by atoms with Crippen LogP contribution in [-0.4, -0.2) is 35.3 Å². The fraction of sp³-hybridized carbons (Fsp3) is 0.257. The molecule has 238 valence electrons. The molecule has 5 rings (SSSR count). The third-order valence-corrected chi connectivity index (χ3v) is 8.81. The quantitative estimate of drug-likeness (QED) is 0.212. The van der Waals surface area contributed by atoms with Gasteiger partial charge in [0.2, 0.25) is 0 Å². The van der Waals surface area contributed by atoms with E-state index in [1.165, 1.54) is 30.6 Å². The Kier molecular flexibility index (Phi) is 9.79. The Hall–Kier alpha value is -4.67. The second-order valence-electron chi connectivity index (χ2n) is 11.0. The number of ether oxygens (including phenoxy) is 3. The Bertz CT molecular complexity index is 2030. The van der Waals surface area contributed by atoms with Crippen LogP contribution in [0.5, 0.6) is 11.5 Å². The Labute approximate surface area is 274 Å². The van der Waals surface area contributed by atoms with Crippen molar-refractivity contribution in [2.45, 2.75) is 46.3 Å². The number of methoxy groups -OCH3 is 1. The molecule has 0 saturated carbocycles. The molecule has 0 spiro atoms. The summed E-state index contributed by atoms with van der Waals surface area (Å²) in [5.74, 6) is -0.610. The maximum atomic E-state index is 14.0. The lowest BCUT2D eigenvalue weighted by atomic mass is 9.93. The van der Waals surface area contributed by atoms with Gasteiger partial charge in [-0.3, -0.25) is 9.36 Å². The number of aromatic nitrogens is 1. The summed E-state index contributed by atoms with van der Waals surface area (Å²) in [5.41, 5.74) is 3.79. The molecule has 3 aromatic carbocycles. The van der Waals surface area contributed by atoms with Crippen molar-refractivity contribution in [2.75, 3.05) is 13.7 Å². The number of carbonyl (C=O) groups excluding carboxylic acids is 1. The summed E-state index contributed by atoms with van der Waals surface area (Å²) in [6.07, 6.45) is 1.70. The molecule has 2 heterocycles. The number of nitrogens with zero attached hydrogens (tertiary/aromatic N) is 2. The van der Waals surface area contributed by atoms with Gasteiger partial charge in [0.15, 0.2) is 16.3 Å². The Morgan fingerprint density at radius 2 is 1.87 bits per heavy atom. The van der Waals surface area contributed by atoms with Gasteiger partial charge in [0.05, 0.1) is 46.1 Å². The summed E-state index contributed by atoms with van der Waals surface area (Å²) in [6.45, 7) is 7.95. The smallest absolute Gasteiger partial charge is 0.338 e. The zero-order valence-corrected chi connectivity index (χ0v) is 27.6. The molecule has 0 unspecified atom stereocenters. The summed E-state index contributed by atoms with van der Waals surface area (Å²) in [4.78, 5) is 43.7. The Morgan fingerprint density at radius 1 is 1.13 bits per heavy atom. The molecule has 0 bridgehead atoms. The summed E-state index contributed by atoms with van der Waals surface area (Å²) in [5, 5.41) is 9.53. The summed E-state index contributed by atoms with van der Waals surface area (Å²) in [6, 6.07) is 17.0. The van der Waals surface area contributed by atoms with Crippen LogP contribution in [0, 0.1) is 0 Å². The maximum Gasteiger partial charge on any atom is 0.338 e. The number of aromatic carboxylic acids is 1. The van der Waals surface area contributed by atoms with Gasteiger partial charge in [0, 0.05) is 0 Å². The lowest BCUT2D eigenvalue weighted by molar-refractivity contribution is -0.139. The zero-order chi connectivity index (χ0) is 33.1. The minimum atomic E-state index is -1.03. The summed E-state index contributed by atoms with van der Waals surface area (Å²) in [7, 11) is 1.48. The van der Waals surface area contributed by atoms with Crippen molar-refractivity contribution in [3.63, 3.8) is 0 Å². The first-order valence-electron chi connectivity index (χ1n) is 14.6. The van der Waals surface area contributed by atoms with Crippen LogP contribution < -0.4 is 24.4 Å². The number of esters is 1. The molecule has 0 saturated heterocycles. The van der Waals surface area contributed by atoms with Crippen LogP contribution in [0.4, 0.5) is 0 Å². The number of benzene rings is 3. The van der Waals surface area contributed by atoms with Crippen molar-refractivity contribution in [3.05, 3.63) is 124 Å². The van der Waals surface area contributed by atoms with Crippen molar-refractivity contribution >= 4 is 41.0 Å². The first-order chi connectivity index (χ1) is 22.0. The molecule has 46 heavy (non-hydrogen) atoms. The van der Waals surface area contributed by atoms with Gasteiger partial charge in [0.25, 0.3) is 5.56 Å². The van der Waals surface area contributed by atoms with Gasteiger partial charge in [-0.2, -0.15) is 0 Å². The van der Waals surface area contributed by atoms with Crippen molar-refractivity contribution in [2.24, 2.45) is 4.99 Å². The first kappa shape index (κ1) is 32.7. The zero-order valence-electron chi connectivity index (χ0n) is 26.0. The van der Waals surface area contributed by atoms with Gasteiger partial charge in [0.1, 0.15) is 6.61 Å². The van der Waals surface area contributed by atoms with E-state index in [-0.39, 0.29) is 35.1 Å². The van der Waals surface area contributed by atoms with Gasteiger partial charge in [-0.05, 0) is 72.4 Å². The van der Waals surface area contributed by atoms with E-state index in [0.29, 0.717) is 43.4 Å². The SMILES string of the molecule is CCOC(=O)C1=C(C)N=c2s/c(=C/c3cc(Cl)c(OCc4cccc(C(=O)O)c4)c(OC)c3)c(=O)n2[C@H]1c1ccc(C(C)C)cc1. The van der Waals surface area contributed by atoms with Crippen LogP contribution in [0.3, 0.4) is 0 Å². The standard InChI is InChI=1S/C35H33ClN2O7S/c1-6-44-34(42)29-20(4)37-35-38(30(29)24-12-10-23(11-13-24)19(2)3)32(39)28(46-35)17-22-15-26(36)31(27(16-22)43-5)45-18-21-8-7-9-25(14-21)33(40)41/h7-17,19,30H,6,18H2,1-5H3,(H,40,41)/b28-17+/t30-/m0/s1. The molecule has 1 N–H and O–H groups in total. The largest absolute Gasteiger partial charge is 0.493 e. The molecule has 0 aliphatic carbocycles. The van der Waals surface area contributed by atoms with Crippen molar-refractivity contribution in [1.29, 1.82) is 0 Å². The lowest BCUT2D eigenvalue weighted by Gasteiger charge is -2.25. The van der Waals surface area contributed by atoms with Crippen LogP contribution in [0.1, 0.15) is 72.3 Å². The van der Waals surface area contributed by atoms with Gasteiger partial charge in [-0.1, -0.05) is 73.2 Å². The van der Waals surface area contributed by atoms with Crippen LogP contribution in [0.25, 0.3) is 6.08 Å². The fourth-order valence-corrected chi connectivity index (χ4v) is 6.55. The van der Waals surface area contributed by atoms with Gasteiger partial charge in [-0.25, -0.2) is 14.6 Å². The average molecular weight is 661 g/mol. The minimum Gasteiger partial charge on any atom is -0.493 e. The van der Waals surface area contributed by atoms with E-state index in [2.05, 4.69) is 18.8 Å². The predicted octanol–water partition coefficient (Wildman–Crippen LogP) is 5.86. The van der Waals surface area contributed by atoms with E-state index in [1.807, 2.05) is 24.3 Å². The number of allylic oxidation sites excluding steroid dienone is 1. The first-order valence-corrected chi connectivity index (χ1v) is 15.8. The van der Waals surface area contributed by atoms with Crippen molar-refractivity contribution in [1.82, 2.24) is 4.57 Å². The van der Waals surface area contributed by atoms with Gasteiger partial charge in [-0.15, -0.1) is 0 Å². The molecular weight excluding hydrogens is 628 g/mol. The van der Waals surface area contributed by atoms with E-state index in [1.54, 1.807) is 48.8 Å². The van der Waals surface area contributed by atoms with Gasteiger partial charge >= 0.3 is 11.9 Å². The monoisotopic (exact) mass is 660 g/mol. The Morgan fingerprint density at radius 3 is 2.52 bits per heavy atom. The van der Waals surface area contributed by atoms with Crippen molar-refractivity contribution < 1.29 is 28.9 Å². The second kappa shape index (κ2) is 13.8. The number of thiazole rings is 1. The van der Waals surface area contributed by atoms with Crippen LogP contribution in [0.2, 0.25) is 5.02 Å². The van der Waals surface area contributed by atoms with Crippen LogP contribution >= 0.6 is 22.9 Å². The van der Waals surface area contributed by atoms with E-state index in [0.717, 1.165) is 11.1 Å². The highest BCUT2D eigenvalue weighted by atomic mass is 35.5. The minimum absolute atomic E-state index is 0.0649. The van der Waals surface area contributed by atoms with E-state index in [9.17, 15) is 19.5 Å². The number of halogens is 1. The third kappa shape index (κ3) is 6.63. The number of hydrogen-bond acceptors (Lipinski definition) is 8. The molecule has 1 aliphatic rings. The highest BCUT2D eigenvalue weighted by molar-refractivity contribution is 7.07. The molecular formula is C35H33ClN2O7S. The normalized spacial score (nSPS) is 14.6. The van der Waals surface area contributed by atoms with E-state index in [4.69, 9.17) is 25.8 Å². The molecule has 9 nitrogen and oxygen atoms in total. The van der Waals surface area contributed by atoms with Crippen LogP contribution in [0.15, 0.2) is 81.7 Å². The van der Waals surface area contributed by atoms with Crippen LogP contribution in [-0.2, 0) is 16.1 Å². The third-order valence-electron chi connectivity index (χ3n) is 7.54. The molecule has 11 heteroatoms. The number of carbonyl (C=O) groups is 2. The number of hydrogen-bond donors (Lipinski definition) is 1. The Balaban J connectivity index is 1.55. The molecule has 1 aliphatic heterocycles. The number of carboxylic acid groups (broad SMARTS) is 1. The highest BCUT2D eigenvalue weighted by Gasteiger charge is 2.33. The average Bonchev–Trinajstić information content (AvgIpc) is 3.33. The topological polar surface area (TPSA) is 116 Å². The summed E-state index contributed by atoms with van der Waals surface area (Å²) >= 11 is 7.84. The lowest BCUT2D eigenvalue weighted by Crippen LogP contribution is -2.39. The van der Waals surface area contributed by atoms with E-state index < -0.39 is 18.0 Å². The number of carboxylic acids is 1. The number of rotatable bonds is 10. The molecule has 0 radical (unpaired) electrons. The fourth-order valence-electron chi connectivity index (χ4n) is 5.23. The van der Waals surface area contributed by atoms with Crippen molar-refractivity contribution in [3.8, 4) is 11.5 Å². The molecule has 0 amide bonds. The molecule has 1 atom stereocenters. The predicted molar refractivity (Wildman–Crippen MR) is 177 cm³/mol. The number of fused-ring (bicyclic) bond motifs is 1. The maximum absolute atomic E-state index is 14.0. The molecule has 4 aromatic rings. The molecule has 1 aromatic heterocycles. The summed E-state index contributed by atoms with van der Waals surface area (Å²) < 4.78 is 18.8. The second-order valence-corrected chi connectivity index (χ2v) is 12.4.